The molecule has 1 aliphatic carbocycles. The zero-order valence-corrected chi connectivity index (χ0v) is 10.7. The molecule has 1 aliphatic heterocycles. The second-order valence-corrected chi connectivity index (χ2v) is 5.64. The van der Waals surface area contributed by atoms with E-state index in [0.29, 0.717) is 17.2 Å². The lowest BCUT2D eigenvalue weighted by atomic mass is 9.70. The van der Waals surface area contributed by atoms with E-state index in [0.717, 1.165) is 18.8 Å². The fourth-order valence-electron chi connectivity index (χ4n) is 3.20. The molecular weight excluding hydrogens is 242 g/mol. The number of aromatic nitrogens is 5. The van der Waals surface area contributed by atoms with E-state index >= 15 is 0 Å². The zero-order valence-electron chi connectivity index (χ0n) is 10.7. The van der Waals surface area contributed by atoms with E-state index in [1.165, 1.54) is 30.3 Å². The molecule has 1 spiro atoms. The second-order valence-electron chi connectivity index (χ2n) is 5.64. The van der Waals surface area contributed by atoms with Crippen molar-refractivity contribution in [2.45, 2.75) is 43.7 Å². The van der Waals surface area contributed by atoms with Crippen molar-refractivity contribution in [3.8, 4) is 0 Å². The van der Waals surface area contributed by atoms with Gasteiger partial charge in [0.05, 0.1) is 0 Å². The highest BCUT2D eigenvalue weighted by atomic mass is 15.6. The van der Waals surface area contributed by atoms with Crippen LogP contribution in [0.25, 0.3) is 5.65 Å². The van der Waals surface area contributed by atoms with Crippen LogP contribution >= 0.6 is 0 Å². The summed E-state index contributed by atoms with van der Waals surface area (Å²) in [6, 6.07) is 4.32. The van der Waals surface area contributed by atoms with Crippen LogP contribution < -0.4 is 10.6 Å². The fourth-order valence-corrected chi connectivity index (χ4v) is 3.20. The van der Waals surface area contributed by atoms with Crippen molar-refractivity contribution in [2.75, 3.05) is 11.9 Å². The molecule has 3 heterocycles. The van der Waals surface area contributed by atoms with Crippen molar-refractivity contribution in [2.24, 2.45) is 0 Å². The van der Waals surface area contributed by atoms with Gasteiger partial charge in [-0.05, 0) is 61.2 Å². The van der Waals surface area contributed by atoms with Gasteiger partial charge >= 0.3 is 0 Å². The Balaban J connectivity index is 1.50. The smallest absolute Gasteiger partial charge is 0.200 e. The molecule has 19 heavy (non-hydrogen) atoms. The lowest BCUT2D eigenvalue weighted by Crippen LogP contribution is -2.58. The standard InChI is InChI=1S/C12H17N7/c1-5-12(6-1)8-9(4-7-13-12)14-10-2-3-11-15-17-18-19(11)16-10/h2-3,9,13H,1,4-8H2,(H,14,16). The number of nitrogens with zero attached hydrogens (tertiary/aromatic N) is 5. The topological polar surface area (TPSA) is 80.0 Å². The largest absolute Gasteiger partial charge is 0.366 e. The highest BCUT2D eigenvalue weighted by molar-refractivity contribution is 5.42. The van der Waals surface area contributed by atoms with Gasteiger partial charge in [0, 0.05) is 11.6 Å². The highest BCUT2D eigenvalue weighted by Gasteiger charge is 2.40. The van der Waals surface area contributed by atoms with Crippen molar-refractivity contribution < 1.29 is 0 Å². The lowest BCUT2D eigenvalue weighted by Gasteiger charge is -2.48. The van der Waals surface area contributed by atoms with Gasteiger partial charge in [0.1, 0.15) is 5.82 Å². The molecule has 1 unspecified atom stereocenters. The van der Waals surface area contributed by atoms with Gasteiger partial charge in [-0.25, -0.2) is 0 Å². The van der Waals surface area contributed by atoms with E-state index < -0.39 is 0 Å². The Labute approximate surface area is 110 Å². The third kappa shape index (κ3) is 1.94. The van der Waals surface area contributed by atoms with Gasteiger partial charge in [-0.1, -0.05) is 0 Å². The Kier molecular flexibility index (Phi) is 2.41. The van der Waals surface area contributed by atoms with E-state index in [4.69, 9.17) is 0 Å². The van der Waals surface area contributed by atoms with Crippen LogP contribution in [-0.2, 0) is 0 Å². The maximum Gasteiger partial charge on any atom is 0.200 e. The van der Waals surface area contributed by atoms with Crippen LogP contribution in [0.2, 0.25) is 0 Å². The minimum atomic E-state index is 0.398. The molecule has 2 aliphatic rings. The minimum Gasteiger partial charge on any atom is -0.366 e. The predicted molar refractivity (Wildman–Crippen MR) is 69.8 cm³/mol. The number of nitrogens with one attached hydrogen (secondary N) is 2. The summed E-state index contributed by atoms with van der Waals surface area (Å²) < 4.78 is 1.46. The predicted octanol–water partition coefficient (Wildman–Crippen LogP) is 0.606. The summed E-state index contributed by atoms with van der Waals surface area (Å²) in [5, 5.41) is 22.8. The first-order valence-electron chi connectivity index (χ1n) is 6.90. The van der Waals surface area contributed by atoms with Crippen molar-refractivity contribution in [1.82, 2.24) is 30.6 Å². The van der Waals surface area contributed by atoms with Gasteiger partial charge in [-0.15, -0.1) is 14.8 Å². The summed E-state index contributed by atoms with van der Waals surface area (Å²) >= 11 is 0. The molecule has 100 valence electrons. The second kappa shape index (κ2) is 4.12. The molecule has 2 aromatic rings. The minimum absolute atomic E-state index is 0.398. The Bertz CT molecular complexity index is 589. The van der Waals surface area contributed by atoms with Gasteiger partial charge in [0.2, 0.25) is 0 Å². The Morgan fingerprint density at radius 2 is 2.32 bits per heavy atom. The number of fused-ring (bicyclic) bond motifs is 1. The third-order valence-corrected chi connectivity index (χ3v) is 4.36. The van der Waals surface area contributed by atoms with Crippen molar-refractivity contribution >= 4 is 11.5 Å². The molecule has 7 heteroatoms. The fraction of sp³-hybridized carbons (Fsp3) is 0.667. The number of tetrazole rings is 1. The van der Waals surface area contributed by atoms with Gasteiger partial charge < -0.3 is 10.6 Å². The normalized spacial score (nSPS) is 25.4. The molecule has 2 N–H and O–H groups in total. The number of rotatable bonds is 2. The van der Waals surface area contributed by atoms with E-state index in [1.54, 1.807) is 0 Å². The molecular formula is C12H17N7. The highest BCUT2D eigenvalue weighted by Crippen LogP contribution is 2.38. The third-order valence-electron chi connectivity index (χ3n) is 4.36. The van der Waals surface area contributed by atoms with Crippen LogP contribution in [0.4, 0.5) is 5.82 Å². The first-order valence-corrected chi connectivity index (χ1v) is 6.90. The SMILES string of the molecule is c1cc2nnnn2nc1NC1CCNC2(CCC2)C1. The Hall–Kier alpha value is -1.76. The molecule has 1 saturated carbocycles. The molecule has 0 bridgehead atoms. The number of hydrogen-bond acceptors (Lipinski definition) is 6. The summed E-state index contributed by atoms with van der Waals surface area (Å²) in [7, 11) is 0. The van der Waals surface area contributed by atoms with Crippen LogP contribution in [0, 0.1) is 0 Å². The van der Waals surface area contributed by atoms with Crippen molar-refractivity contribution in [1.29, 1.82) is 0 Å². The quantitative estimate of drug-likeness (QED) is 0.822. The van der Waals surface area contributed by atoms with Gasteiger partial charge in [-0.3, -0.25) is 0 Å². The summed E-state index contributed by atoms with van der Waals surface area (Å²) in [5.41, 5.74) is 1.07. The van der Waals surface area contributed by atoms with Gasteiger partial charge in [0.15, 0.2) is 5.65 Å². The van der Waals surface area contributed by atoms with E-state index in [2.05, 4.69) is 31.3 Å². The summed E-state index contributed by atoms with van der Waals surface area (Å²) in [5.74, 6) is 0.848. The van der Waals surface area contributed by atoms with Crippen LogP contribution in [0.5, 0.6) is 0 Å². The van der Waals surface area contributed by atoms with E-state index in [1.807, 2.05) is 12.1 Å². The average molecular weight is 259 g/mol. The average Bonchev–Trinajstić information content (AvgIpc) is 2.85. The van der Waals surface area contributed by atoms with Crippen LogP contribution in [-0.4, -0.2) is 43.4 Å². The summed E-state index contributed by atoms with van der Waals surface area (Å²) in [6.07, 6.45) is 6.29. The zero-order chi connectivity index (χ0) is 12.7. The molecule has 0 amide bonds. The summed E-state index contributed by atoms with van der Waals surface area (Å²) in [4.78, 5) is 0. The maximum atomic E-state index is 4.37. The molecule has 2 fully saturated rings. The van der Waals surface area contributed by atoms with Crippen LogP contribution in [0.1, 0.15) is 32.1 Å². The Morgan fingerprint density at radius 1 is 1.37 bits per heavy atom. The number of anilines is 1. The van der Waals surface area contributed by atoms with Gasteiger partial charge in [-0.2, -0.15) is 0 Å². The van der Waals surface area contributed by atoms with Crippen LogP contribution in [0.15, 0.2) is 12.1 Å². The van der Waals surface area contributed by atoms with E-state index in [9.17, 15) is 0 Å². The molecule has 2 aromatic heterocycles. The first-order chi connectivity index (χ1) is 9.33. The monoisotopic (exact) mass is 259 g/mol. The molecule has 0 radical (unpaired) electrons. The molecule has 1 saturated heterocycles. The summed E-state index contributed by atoms with van der Waals surface area (Å²) in [6.45, 7) is 1.09. The molecule has 1 atom stereocenters. The molecule has 0 aromatic carbocycles. The van der Waals surface area contributed by atoms with Crippen LogP contribution in [0.3, 0.4) is 0 Å². The van der Waals surface area contributed by atoms with Gasteiger partial charge in [0.25, 0.3) is 0 Å². The number of hydrogen-bond donors (Lipinski definition) is 2. The number of piperidine rings is 1. The van der Waals surface area contributed by atoms with Crippen molar-refractivity contribution in [3.05, 3.63) is 12.1 Å². The van der Waals surface area contributed by atoms with E-state index in [-0.39, 0.29) is 0 Å². The lowest BCUT2D eigenvalue weighted by molar-refractivity contribution is 0.135. The maximum absolute atomic E-state index is 4.37. The molecule has 4 rings (SSSR count). The first kappa shape index (κ1) is 11.1. The molecule has 7 nitrogen and oxygen atoms in total. The Morgan fingerprint density at radius 3 is 3.16 bits per heavy atom. The van der Waals surface area contributed by atoms with Crippen molar-refractivity contribution in [3.63, 3.8) is 0 Å².